The Morgan fingerprint density at radius 1 is 1.24 bits per heavy atom. The minimum Gasteiger partial charge on any atom is -0.497 e. The Labute approximate surface area is 147 Å². The summed E-state index contributed by atoms with van der Waals surface area (Å²) < 4.78 is 12.8. The van der Waals surface area contributed by atoms with Crippen LogP contribution in [0.5, 0.6) is 5.75 Å². The number of nitrogens with zero attached hydrogens (tertiary/aromatic N) is 3. The number of amides is 1. The summed E-state index contributed by atoms with van der Waals surface area (Å²) in [6, 6.07) is 8.02. The molecule has 25 heavy (non-hydrogen) atoms. The molecule has 0 spiro atoms. The first-order chi connectivity index (χ1) is 12.3. The van der Waals surface area contributed by atoms with E-state index in [9.17, 15) is 4.79 Å². The van der Waals surface area contributed by atoms with Crippen LogP contribution in [0.4, 0.5) is 0 Å². The number of rotatable bonds is 3. The van der Waals surface area contributed by atoms with E-state index in [1.165, 1.54) is 0 Å². The van der Waals surface area contributed by atoms with Crippen molar-refractivity contribution in [1.29, 1.82) is 0 Å². The molecule has 1 amide bonds. The third-order valence-corrected chi connectivity index (χ3v) is 5.11. The van der Waals surface area contributed by atoms with Crippen LogP contribution in [0.2, 0.25) is 0 Å². The van der Waals surface area contributed by atoms with Gasteiger partial charge in [0.2, 0.25) is 5.91 Å². The van der Waals surface area contributed by atoms with Crippen LogP contribution < -0.4 is 4.74 Å². The highest BCUT2D eigenvalue weighted by molar-refractivity contribution is 5.79. The highest BCUT2D eigenvalue weighted by atomic mass is 16.5. The first kappa shape index (κ1) is 16.1. The first-order valence-corrected chi connectivity index (χ1v) is 8.81. The van der Waals surface area contributed by atoms with Gasteiger partial charge < -0.3 is 18.9 Å². The van der Waals surface area contributed by atoms with Gasteiger partial charge in [0.05, 0.1) is 31.5 Å². The van der Waals surface area contributed by atoms with Gasteiger partial charge in [0.25, 0.3) is 0 Å². The average molecular weight is 341 g/mol. The minimum atomic E-state index is 0.0338. The molecule has 0 saturated carbocycles. The molecule has 0 radical (unpaired) electrons. The van der Waals surface area contributed by atoms with Crippen molar-refractivity contribution in [2.24, 2.45) is 5.92 Å². The molecule has 1 fully saturated rings. The molecule has 2 aliphatic heterocycles. The zero-order valence-electron chi connectivity index (χ0n) is 14.5. The summed E-state index contributed by atoms with van der Waals surface area (Å²) in [6.45, 7) is 3.50. The Bertz CT molecular complexity index is 748. The number of carbonyl (C=O) groups is 1. The molecule has 1 aromatic heterocycles. The summed E-state index contributed by atoms with van der Waals surface area (Å²) in [5, 5.41) is 0. The number of methoxy groups -OCH3 is 1. The number of benzene rings is 1. The first-order valence-electron chi connectivity index (χ1n) is 8.81. The van der Waals surface area contributed by atoms with E-state index in [-0.39, 0.29) is 11.8 Å². The van der Waals surface area contributed by atoms with Crippen LogP contribution in [0.3, 0.4) is 0 Å². The predicted octanol–water partition coefficient (Wildman–Crippen LogP) is 1.98. The van der Waals surface area contributed by atoms with E-state index in [1.807, 2.05) is 35.4 Å². The van der Waals surface area contributed by atoms with Crippen LogP contribution >= 0.6 is 0 Å². The van der Waals surface area contributed by atoms with Gasteiger partial charge in [0.15, 0.2) is 0 Å². The summed E-state index contributed by atoms with van der Waals surface area (Å²) in [4.78, 5) is 19.2. The quantitative estimate of drug-likeness (QED) is 0.857. The van der Waals surface area contributed by atoms with Crippen LogP contribution in [0, 0.1) is 5.92 Å². The van der Waals surface area contributed by atoms with Crippen LogP contribution in [0.1, 0.15) is 12.2 Å². The maximum atomic E-state index is 12.7. The molecule has 0 bridgehead atoms. The predicted molar refractivity (Wildman–Crippen MR) is 93.4 cm³/mol. The molecule has 6 heteroatoms. The third-order valence-electron chi connectivity index (χ3n) is 5.11. The Morgan fingerprint density at radius 3 is 2.80 bits per heavy atom. The topological polar surface area (TPSA) is 56.6 Å². The molecule has 6 nitrogen and oxygen atoms in total. The summed E-state index contributed by atoms with van der Waals surface area (Å²) in [5.74, 6) is 2.15. The van der Waals surface area contributed by atoms with Gasteiger partial charge in [0, 0.05) is 38.2 Å². The van der Waals surface area contributed by atoms with Gasteiger partial charge in [-0.15, -0.1) is 0 Å². The lowest BCUT2D eigenvalue weighted by Gasteiger charge is -2.23. The second kappa shape index (κ2) is 6.88. The van der Waals surface area contributed by atoms with Crippen LogP contribution in [0.15, 0.2) is 30.5 Å². The van der Waals surface area contributed by atoms with Gasteiger partial charge >= 0.3 is 0 Å². The summed E-state index contributed by atoms with van der Waals surface area (Å²) in [7, 11) is 1.67. The van der Waals surface area contributed by atoms with Crippen LogP contribution in [-0.2, 0) is 22.5 Å². The van der Waals surface area contributed by atoms with Crippen molar-refractivity contribution in [2.75, 3.05) is 33.4 Å². The molecule has 0 unspecified atom stereocenters. The van der Waals surface area contributed by atoms with E-state index in [0.29, 0.717) is 13.2 Å². The van der Waals surface area contributed by atoms with Gasteiger partial charge in [-0.3, -0.25) is 4.79 Å². The fourth-order valence-corrected chi connectivity index (χ4v) is 3.63. The Balaban J connectivity index is 1.52. The van der Waals surface area contributed by atoms with E-state index >= 15 is 0 Å². The molecule has 2 aromatic rings. The Kier molecular flexibility index (Phi) is 4.44. The normalized spacial score (nSPS) is 20.2. The smallest absolute Gasteiger partial charge is 0.228 e. The van der Waals surface area contributed by atoms with Gasteiger partial charge in [-0.25, -0.2) is 4.98 Å². The third kappa shape index (κ3) is 3.14. The number of hydrogen-bond donors (Lipinski definition) is 0. The molecule has 1 aromatic carbocycles. The summed E-state index contributed by atoms with van der Waals surface area (Å²) in [5.41, 5.74) is 2.21. The molecule has 1 atom stereocenters. The fourth-order valence-electron chi connectivity index (χ4n) is 3.63. The van der Waals surface area contributed by atoms with Gasteiger partial charge in [0.1, 0.15) is 11.6 Å². The Hall–Kier alpha value is -2.34. The van der Waals surface area contributed by atoms with Crippen molar-refractivity contribution < 1.29 is 14.3 Å². The van der Waals surface area contributed by atoms with Crippen LogP contribution in [-0.4, -0.2) is 53.8 Å². The fraction of sp³-hybridized carbons (Fsp3) is 0.474. The molecule has 4 rings (SSSR count). The maximum Gasteiger partial charge on any atom is 0.228 e. The number of hydrogen-bond acceptors (Lipinski definition) is 4. The number of carbonyl (C=O) groups excluding carboxylic acids is 1. The molecule has 0 aliphatic carbocycles. The van der Waals surface area contributed by atoms with E-state index in [0.717, 1.165) is 55.3 Å². The largest absolute Gasteiger partial charge is 0.497 e. The number of imidazole rings is 1. The van der Waals surface area contributed by atoms with E-state index in [1.54, 1.807) is 7.11 Å². The number of aromatic nitrogens is 2. The highest BCUT2D eigenvalue weighted by Crippen LogP contribution is 2.25. The maximum absolute atomic E-state index is 12.7. The monoisotopic (exact) mass is 341 g/mol. The van der Waals surface area contributed by atoms with Crippen molar-refractivity contribution in [3.63, 3.8) is 0 Å². The van der Waals surface area contributed by atoms with E-state index in [2.05, 4.69) is 9.55 Å². The van der Waals surface area contributed by atoms with Crippen molar-refractivity contribution >= 4 is 5.91 Å². The molecule has 1 saturated heterocycles. The van der Waals surface area contributed by atoms with Gasteiger partial charge in [-0.05, 0) is 30.7 Å². The zero-order chi connectivity index (χ0) is 17.2. The summed E-state index contributed by atoms with van der Waals surface area (Å²) >= 11 is 0. The highest BCUT2D eigenvalue weighted by Gasteiger charge is 2.29. The number of ether oxygens (including phenoxy) is 2. The van der Waals surface area contributed by atoms with Crippen LogP contribution in [0.25, 0.3) is 11.3 Å². The molecule has 0 N–H and O–H groups in total. The van der Waals surface area contributed by atoms with Crippen molar-refractivity contribution in [3.8, 4) is 17.0 Å². The van der Waals surface area contributed by atoms with Gasteiger partial charge in [-0.1, -0.05) is 0 Å². The van der Waals surface area contributed by atoms with E-state index < -0.39 is 0 Å². The minimum absolute atomic E-state index is 0.0338. The lowest BCUT2D eigenvalue weighted by molar-refractivity contribution is -0.135. The zero-order valence-corrected chi connectivity index (χ0v) is 14.5. The lowest BCUT2D eigenvalue weighted by atomic mass is 10.1. The van der Waals surface area contributed by atoms with Gasteiger partial charge in [-0.2, -0.15) is 0 Å². The number of fused-ring (bicyclic) bond motifs is 1. The van der Waals surface area contributed by atoms with Crippen molar-refractivity contribution in [2.45, 2.75) is 19.4 Å². The molecule has 2 aliphatic rings. The average Bonchev–Trinajstić information content (AvgIpc) is 3.28. The standard InChI is InChI=1S/C19H23N3O3/c1-24-16-4-2-14(3-5-16)17-12-20-18-6-8-21(9-10-22(17)18)19(23)15-7-11-25-13-15/h2-5,12,15H,6-11,13H2,1H3/t15-/m1/s1. The second-order valence-electron chi connectivity index (χ2n) is 6.58. The van der Waals surface area contributed by atoms with Crippen molar-refractivity contribution in [3.05, 3.63) is 36.3 Å². The molecule has 132 valence electrons. The summed E-state index contributed by atoms with van der Waals surface area (Å²) in [6.07, 6.45) is 3.56. The molecule has 3 heterocycles. The van der Waals surface area contributed by atoms with Crippen molar-refractivity contribution in [1.82, 2.24) is 14.5 Å². The SMILES string of the molecule is COc1ccc(-c2cnc3n2CCN(C(=O)[C@@H]2CCOC2)CC3)cc1. The second-order valence-corrected chi connectivity index (χ2v) is 6.58. The Morgan fingerprint density at radius 2 is 2.08 bits per heavy atom. The molecular weight excluding hydrogens is 318 g/mol. The molecular formula is C19H23N3O3. The lowest BCUT2D eigenvalue weighted by Crippen LogP contribution is -2.38. The van der Waals surface area contributed by atoms with E-state index in [4.69, 9.17) is 9.47 Å².